The van der Waals surface area contributed by atoms with Crippen LogP contribution in [0.3, 0.4) is 0 Å². The molecule has 0 aliphatic rings. The van der Waals surface area contributed by atoms with Gasteiger partial charge in [-0.05, 0) is 0 Å². The summed E-state index contributed by atoms with van der Waals surface area (Å²) in [4.78, 5) is 51.7. The van der Waals surface area contributed by atoms with Crippen molar-refractivity contribution in [3.8, 4) is 0 Å². The first-order valence-corrected chi connectivity index (χ1v) is 6.55. The minimum Gasteiger partial charge on any atom is -0.481 e. The Balaban J connectivity index is 2.82. The number of aromatic nitrogens is 2. The van der Waals surface area contributed by atoms with Gasteiger partial charge >= 0.3 is 11.9 Å². The Labute approximate surface area is 130 Å². The van der Waals surface area contributed by atoms with E-state index in [1.165, 1.54) is 12.5 Å². The molecule has 7 N–H and O–H groups in total. The van der Waals surface area contributed by atoms with Crippen molar-refractivity contribution in [2.24, 2.45) is 5.73 Å². The van der Waals surface area contributed by atoms with Gasteiger partial charge in [-0.15, -0.1) is 0 Å². The van der Waals surface area contributed by atoms with Crippen LogP contribution < -0.4 is 16.4 Å². The SMILES string of the molecule is NCC(=O)N[C@@H](Cc1cnc[nH]1)C(=O)N[C@@H](CC(=O)O)C(=O)O. The lowest BCUT2D eigenvalue weighted by Crippen LogP contribution is -2.53. The molecule has 0 aliphatic carbocycles. The summed E-state index contributed by atoms with van der Waals surface area (Å²) >= 11 is 0. The third-order valence-corrected chi connectivity index (χ3v) is 2.81. The maximum atomic E-state index is 12.2. The fourth-order valence-corrected chi connectivity index (χ4v) is 1.73. The second-order valence-corrected chi connectivity index (χ2v) is 4.60. The second kappa shape index (κ2) is 8.48. The Bertz CT molecular complexity index is 573. The Hall–Kier alpha value is -2.95. The standard InChI is InChI=1S/C12H17N5O6/c13-3-9(18)16-7(1-6-4-14-5-15-6)11(21)17-8(12(22)23)2-10(19)20/h4-5,7-8H,1-3,13H2,(H,14,15)(H,16,18)(H,17,21)(H,19,20)(H,22,23)/t7-,8-/m0/s1. The monoisotopic (exact) mass is 327 g/mol. The van der Waals surface area contributed by atoms with Crippen molar-refractivity contribution >= 4 is 23.8 Å². The predicted octanol–water partition coefficient (Wildman–Crippen LogP) is -2.56. The average Bonchev–Trinajstić information content (AvgIpc) is 2.97. The maximum Gasteiger partial charge on any atom is 0.326 e. The van der Waals surface area contributed by atoms with Gasteiger partial charge in [-0.25, -0.2) is 9.78 Å². The summed E-state index contributed by atoms with van der Waals surface area (Å²) in [6.45, 7) is -0.357. The van der Waals surface area contributed by atoms with Crippen LogP contribution in [0.5, 0.6) is 0 Å². The number of carboxylic acids is 2. The molecule has 2 atom stereocenters. The number of hydrogen-bond donors (Lipinski definition) is 6. The van der Waals surface area contributed by atoms with E-state index in [0.29, 0.717) is 5.69 Å². The highest BCUT2D eigenvalue weighted by molar-refractivity contribution is 5.92. The minimum absolute atomic E-state index is 0.0109. The highest BCUT2D eigenvalue weighted by Crippen LogP contribution is 2.01. The molecule has 0 saturated carbocycles. The number of imidazole rings is 1. The fraction of sp³-hybridized carbons (Fsp3) is 0.417. The topological polar surface area (TPSA) is 187 Å². The lowest BCUT2D eigenvalue weighted by atomic mass is 10.1. The van der Waals surface area contributed by atoms with Crippen LogP contribution in [0.1, 0.15) is 12.1 Å². The van der Waals surface area contributed by atoms with Crippen molar-refractivity contribution in [2.45, 2.75) is 24.9 Å². The van der Waals surface area contributed by atoms with Crippen molar-refractivity contribution in [3.05, 3.63) is 18.2 Å². The number of nitrogens with zero attached hydrogens (tertiary/aromatic N) is 1. The molecular formula is C12H17N5O6. The molecule has 0 spiro atoms. The Morgan fingerprint density at radius 3 is 2.39 bits per heavy atom. The van der Waals surface area contributed by atoms with Crippen LogP contribution in [-0.2, 0) is 25.6 Å². The molecule has 1 rings (SSSR count). The Morgan fingerprint density at radius 1 is 1.22 bits per heavy atom. The van der Waals surface area contributed by atoms with E-state index < -0.39 is 42.3 Å². The minimum atomic E-state index is -1.61. The zero-order chi connectivity index (χ0) is 17.4. The molecule has 11 heteroatoms. The molecule has 126 valence electrons. The third kappa shape index (κ3) is 6.13. The quantitative estimate of drug-likeness (QED) is 0.285. The molecule has 0 bridgehead atoms. The summed E-state index contributed by atoms with van der Waals surface area (Å²) in [5, 5.41) is 22.0. The van der Waals surface area contributed by atoms with Crippen LogP contribution in [-0.4, -0.2) is 62.6 Å². The predicted molar refractivity (Wildman–Crippen MR) is 75.1 cm³/mol. The van der Waals surface area contributed by atoms with Gasteiger partial charge < -0.3 is 31.6 Å². The summed E-state index contributed by atoms with van der Waals surface area (Å²) < 4.78 is 0. The van der Waals surface area contributed by atoms with Crippen molar-refractivity contribution in [1.82, 2.24) is 20.6 Å². The van der Waals surface area contributed by atoms with Crippen LogP contribution in [0, 0.1) is 0 Å². The van der Waals surface area contributed by atoms with E-state index in [1.807, 2.05) is 0 Å². The molecule has 1 heterocycles. The van der Waals surface area contributed by atoms with Gasteiger partial charge in [0, 0.05) is 18.3 Å². The normalized spacial score (nSPS) is 12.9. The Kier molecular flexibility index (Phi) is 6.68. The van der Waals surface area contributed by atoms with E-state index in [2.05, 4.69) is 20.6 Å². The molecule has 0 aromatic carbocycles. The van der Waals surface area contributed by atoms with Crippen molar-refractivity contribution < 1.29 is 29.4 Å². The number of nitrogens with two attached hydrogens (primary N) is 1. The van der Waals surface area contributed by atoms with E-state index in [9.17, 15) is 19.2 Å². The summed E-state index contributed by atoms with van der Waals surface area (Å²) in [6.07, 6.45) is 2.03. The molecule has 0 aliphatic heterocycles. The van der Waals surface area contributed by atoms with Crippen LogP contribution in [0.25, 0.3) is 0 Å². The molecule has 1 aromatic rings. The molecule has 0 unspecified atom stereocenters. The zero-order valence-corrected chi connectivity index (χ0v) is 12.0. The number of aromatic amines is 1. The number of aliphatic carboxylic acids is 2. The van der Waals surface area contributed by atoms with Gasteiger partial charge in [-0.1, -0.05) is 0 Å². The smallest absolute Gasteiger partial charge is 0.326 e. The van der Waals surface area contributed by atoms with Crippen LogP contribution in [0.15, 0.2) is 12.5 Å². The number of H-pyrrole nitrogens is 1. The van der Waals surface area contributed by atoms with Crippen LogP contribution >= 0.6 is 0 Å². The molecular weight excluding hydrogens is 310 g/mol. The first-order valence-electron chi connectivity index (χ1n) is 6.55. The van der Waals surface area contributed by atoms with Crippen molar-refractivity contribution in [2.75, 3.05) is 6.54 Å². The summed E-state index contributed by atoms with van der Waals surface area (Å²) in [7, 11) is 0. The summed E-state index contributed by atoms with van der Waals surface area (Å²) in [5.74, 6) is -4.33. The first kappa shape index (κ1) is 18.1. The number of amides is 2. The van der Waals surface area contributed by atoms with E-state index in [4.69, 9.17) is 15.9 Å². The number of carbonyl (C=O) groups is 4. The van der Waals surface area contributed by atoms with Gasteiger partial charge in [0.05, 0.1) is 19.3 Å². The molecule has 11 nitrogen and oxygen atoms in total. The number of carboxylic acid groups (broad SMARTS) is 2. The van der Waals surface area contributed by atoms with Gasteiger partial charge in [0.2, 0.25) is 11.8 Å². The molecule has 1 aromatic heterocycles. The lowest BCUT2D eigenvalue weighted by molar-refractivity contribution is -0.147. The fourth-order valence-electron chi connectivity index (χ4n) is 1.73. The molecule has 2 amide bonds. The van der Waals surface area contributed by atoms with E-state index in [-0.39, 0.29) is 13.0 Å². The first-order chi connectivity index (χ1) is 10.8. The van der Waals surface area contributed by atoms with Gasteiger partial charge in [0.15, 0.2) is 0 Å². The summed E-state index contributed by atoms with van der Waals surface area (Å²) in [5.41, 5.74) is 5.69. The largest absolute Gasteiger partial charge is 0.481 e. The number of rotatable bonds is 9. The highest BCUT2D eigenvalue weighted by Gasteiger charge is 2.28. The number of nitrogens with one attached hydrogen (secondary N) is 3. The molecule has 23 heavy (non-hydrogen) atoms. The number of carbonyl (C=O) groups excluding carboxylic acids is 2. The maximum absolute atomic E-state index is 12.2. The Morgan fingerprint density at radius 2 is 1.91 bits per heavy atom. The van der Waals surface area contributed by atoms with Crippen molar-refractivity contribution in [1.29, 1.82) is 0 Å². The lowest BCUT2D eigenvalue weighted by Gasteiger charge is -2.20. The summed E-state index contributed by atoms with van der Waals surface area (Å²) in [6, 6.07) is -2.74. The van der Waals surface area contributed by atoms with E-state index >= 15 is 0 Å². The zero-order valence-electron chi connectivity index (χ0n) is 12.0. The van der Waals surface area contributed by atoms with E-state index in [0.717, 1.165) is 0 Å². The molecule has 0 fully saturated rings. The van der Waals surface area contributed by atoms with Crippen molar-refractivity contribution in [3.63, 3.8) is 0 Å². The van der Waals surface area contributed by atoms with Gasteiger partial charge in [-0.3, -0.25) is 14.4 Å². The third-order valence-electron chi connectivity index (χ3n) is 2.81. The van der Waals surface area contributed by atoms with Gasteiger partial charge in [0.1, 0.15) is 12.1 Å². The van der Waals surface area contributed by atoms with Crippen LogP contribution in [0.4, 0.5) is 0 Å². The molecule has 0 saturated heterocycles. The van der Waals surface area contributed by atoms with Gasteiger partial charge in [0.25, 0.3) is 0 Å². The van der Waals surface area contributed by atoms with Gasteiger partial charge in [-0.2, -0.15) is 0 Å². The highest BCUT2D eigenvalue weighted by atomic mass is 16.4. The second-order valence-electron chi connectivity index (χ2n) is 4.60. The average molecular weight is 327 g/mol. The van der Waals surface area contributed by atoms with Crippen LogP contribution in [0.2, 0.25) is 0 Å². The number of hydrogen-bond acceptors (Lipinski definition) is 6. The van der Waals surface area contributed by atoms with E-state index in [1.54, 1.807) is 0 Å². The molecule has 0 radical (unpaired) electrons.